The van der Waals surface area contributed by atoms with E-state index in [9.17, 15) is 0 Å². The molecule has 1 nitrogen and oxygen atoms in total. The molecule has 0 saturated heterocycles. The third-order valence-electron chi connectivity index (χ3n) is 3.25. The first-order valence-electron chi connectivity index (χ1n) is 6.19. The van der Waals surface area contributed by atoms with Crippen LogP contribution in [0.15, 0.2) is 53.1 Å². The van der Waals surface area contributed by atoms with Crippen molar-refractivity contribution in [3.63, 3.8) is 0 Å². The molecule has 0 spiro atoms. The van der Waals surface area contributed by atoms with Crippen molar-refractivity contribution in [1.29, 1.82) is 0 Å². The molecule has 0 radical (unpaired) electrons. The van der Waals surface area contributed by atoms with Crippen LogP contribution in [-0.2, 0) is 6.42 Å². The largest absolute Gasteiger partial charge is 0.464 e. The molecule has 3 aromatic rings. The topological polar surface area (TPSA) is 13.1 Å². The maximum absolute atomic E-state index is 6.05. The van der Waals surface area contributed by atoms with Gasteiger partial charge in [-0.15, -0.1) is 0 Å². The minimum atomic E-state index is 0.170. The van der Waals surface area contributed by atoms with Gasteiger partial charge in [-0.1, -0.05) is 63.4 Å². The fourth-order valence-corrected chi connectivity index (χ4v) is 3.27. The van der Waals surface area contributed by atoms with Gasteiger partial charge in [-0.05, 0) is 30.2 Å². The third kappa shape index (κ3) is 2.73. The lowest BCUT2D eigenvalue weighted by molar-refractivity contribution is 0.610. The Balaban J connectivity index is 1.89. The van der Waals surface area contributed by atoms with Gasteiger partial charge in [0.1, 0.15) is 5.58 Å². The number of alkyl halides is 1. The van der Waals surface area contributed by atoms with Gasteiger partial charge in [-0.3, -0.25) is 0 Å². The SMILES string of the molecule is Clc1ccc(CC(Br)c2coc3ccccc23)cc1Cl. The summed E-state index contributed by atoms with van der Waals surface area (Å²) in [4.78, 5) is 0.170. The van der Waals surface area contributed by atoms with E-state index in [-0.39, 0.29) is 4.83 Å². The highest BCUT2D eigenvalue weighted by Crippen LogP contribution is 2.35. The Kier molecular flexibility index (Phi) is 4.06. The van der Waals surface area contributed by atoms with Crippen LogP contribution in [0.25, 0.3) is 11.0 Å². The van der Waals surface area contributed by atoms with Crippen LogP contribution in [0.2, 0.25) is 10.0 Å². The first-order chi connectivity index (χ1) is 9.65. The van der Waals surface area contributed by atoms with Crippen LogP contribution in [0.5, 0.6) is 0 Å². The van der Waals surface area contributed by atoms with E-state index in [1.165, 1.54) is 0 Å². The summed E-state index contributed by atoms with van der Waals surface area (Å²) in [6.45, 7) is 0. The monoisotopic (exact) mass is 368 g/mol. The van der Waals surface area contributed by atoms with Gasteiger partial charge < -0.3 is 4.42 Å². The zero-order chi connectivity index (χ0) is 14.1. The number of rotatable bonds is 3. The molecule has 1 atom stereocenters. The summed E-state index contributed by atoms with van der Waals surface area (Å²) in [7, 11) is 0. The van der Waals surface area contributed by atoms with Crippen molar-refractivity contribution in [1.82, 2.24) is 0 Å². The molecule has 0 aliphatic rings. The fraction of sp³-hybridized carbons (Fsp3) is 0.125. The van der Waals surface area contributed by atoms with E-state index >= 15 is 0 Å². The third-order valence-corrected chi connectivity index (χ3v) is 4.80. The Morgan fingerprint density at radius 2 is 1.85 bits per heavy atom. The molecule has 0 saturated carbocycles. The van der Waals surface area contributed by atoms with E-state index in [1.807, 2.05) is 42.7 Å². The Morgan fingerprint density at radius 1 is 1.05 bits per heavy atom. The highest BCUT2D eigenvalue weighted by atomic mass is 79.9. The normalized spacial score (nSPS) is 12.8. The van der Waals surface area contributed by atoms with Gasteiger partial charge in [0.15, 0.2) is 0 Å². The maximum Gasteiger partial charge on any atom is 0.134 e. The molecule has 0 amide bonds. The Bertz CT molecular complexity index is 751. The van der Waals surface area contributed by atoms with Crippen molar-refractivity contribution in [2.24, 2.45) is 0 Å². The Morgan fingerprint density at radius 3 is 2.65 bits per heavy atom. The van der Waals surface area contributed by atoms with Crippen molar-refractivity contribution in [3.05, 3.63) is 69.9 Å². The molecular formula is C16H11BrCl2O. The summed E-state index contributed by atoms with van der Waals surface area (Å²) in [6.07, 6.45) is 2.63. The molecule has 3 rings (SSSR count). The van der Waals surface area contributed by atoms with Crippen LogP contribution < -0.4 is 0 Å². The number of hydrogen-bond acceptors (Lipinski definition) is 1. The number of halogens is 3. The van der Waals surface area contributed by atoms with Crippen LogP contribution in [0.4, 0.5) is 0 Å². The van der Waals surface area contributed by atoms with Crippen molar-refractivity contribution in [3.8, 4) is 0 Å². The maximum atomic E-state index is 6.05. The number of fused-ring (bicyclic) bond motifs is 1. The van der Waals surface area contributed by atoms with Crippen molar-refractivity contribution in [2.75, 3.05) is 0 Å². The average Bonchev–Trinajstić information content (AvgIpc) is 2.87. The molecule has 1 aromatic heterocycles. The lowest BCUT2D eigenvalue weighted by Gasteiger charge is -2.09. The minimum Gasteiger partial charge on any atom is -0.464 e. The summed E-state index contributed by atoms with van der Waals surface area (Å²) >= 11 is 15.7. The molecular weight excluding hydrogens is 359 g/mol. The number of hydrogen-bond donors (Lipinski definition) is 0. The molecule has 0 N–H and O–H groups in total. The molecule has 4 heteroatoms. The van der Waals surface area contributed by atoms with Crippen molar-refractivity contribution >= 4 is 50.1 Å². The van der Waals surface area contributed by atoms with Crippen LogP contribution in [0.1, 0.15) is 16.0 Å². The van der Waals surface area contributed by atoms with Crippen molar-refractivity contribution in [2.45, 2.75) is 11.2 Å². The minimum absolute atomic E-state index is 0.170. The predicted octanol–water partition coefficient (Wildman–Crippen LogP) is 6.42. The van der Waals surface area contributed by atoms with Crippen LogP contribution in [-0.4, -0.2) is 0 Å². The van der Waals surface area contributed by atoms with Crippen LogP contribution >= 0.6 is 39.1 Å². The number of furan rings is 1. The predicted molar refractivity (Wildman–Crippen MR) is 88.0 cm³/mol. The lowest BCUT2D eigenvalue weighted by atomic mass is 10.0. The molecule has 0 aliphatic heterocycles. The molecule has 0 aliphatic carbocycles. The van der Waals surface area contributed by atoms with Crippen LogP contribution in [0, 0.1) is 0 Å². The van der Waals surface area contributed by atoms with Gasteiger partial charge in [0.2, 0.25) is 0 Å². The van der Waals surface area contributed by atoms with E-state index in [2.05, 4.69) is 22.0 Å². The van der Waals surface area contributed by atoms with Gasteiger partial charge in [0.05, 0.1) is 16.3 Å². The molecule has 2 aromatic carbocycles. The standard InChI is InChI=1S/C16H11BrCl2O/c17-13(7-10-5-6-14(18)15(19)8-10)12-9-20-16-4-2-1-3-11(12)16/h1-6,8-9,13H,7H2. The van der Waals surface area contributed by atoms with E-state index in [4.69, 9.17) is 27.6 Å². The molecule has 1 heterocycles. The van der Waals surface area contributed by atoms with Gasteiger partial charge in [-0.25, -0.2) is 0 Å². The zero-order valence-electron chi connectivity index (χ0n) is 10.4. The molecule has 102 valence electrons. The first kappa shape index (κ1) is 14.0. The van der Waals surface area contributed by atoms with Gasteiger partial charge in [-0.2, -0.15) is 0 Å². The van der Waals surface area contributed by atoms with E-state index in [0.717, 1.165) is 28.5 Å². The van der Waals surface area contributed by atoms with E-state index in [0.29, 0.717) is 10.0 Å². The molecule has 1 unspecified atom stereocenters. The zero-order valence-corrected chi connectivity index (χ0v) is 13.5. The highest BCUT2D eigenvalue weighted by molar-refractivity contribution is 9.09. The summed E-state index contributed by atoms with van der Waals surface area (Å²) < 4.78 is 5.57. The summed E-state index contributed by atoms with van der Waals surface area (Å²) in [6, 6.07) is 13.7. The van der Waals surface area contributed by atoms with Gasteiger partial charge in [0.25, 0.3) is 0 Å². The highest BCUT2D eigenvalue weighted by Gasteiger charge is 2.15. The second-order valence-corrected chi connectivity index (χ2v) is 6.53. The van der Waals surface area contributed by atoms with E-state index < -0.39 is 0 Å². The number of benzene rings is 2. The first-order valence-corrected chi connectivity index (χ1v) is 7.86. The number of para-hydroxylation sites is 1. The van der Waals surface area contributed by atoms with E-state index in [1.54, 1.807) is 0 Å². The Labute approximate surface area is 135 Å². The summed E-state index contributed by atoms with van der Waals surface area (Å²) in [5.74, 6) is 0. The van der Waals surface area contributed by atoms with Gasteiger partial charge in [0, 0.05) is 15.8 Å². The molecule has 0 bridgehead atoms. The second kappa shape index (κ2) is 5.80. The summed E-state index contributed by atoms with van der Waals surface area (Å²) in [5, 5.41) is 2.30. The van der Waals surface area contributed by atoms with Gasteiger partial charge >= 0.3 is 0 Å². The quantitative estimate of drug-likeness (QED) is 0.485. The summed E-state index contributed by atoms with van der Waals surface area (Å²) in [5.41, 5.74) is 3.18. The average molecular weight is 370 g/mol. The van der Waals surface area contributed by atoms with Crippen LogP contribution in [0.3, 0.4) is 0 Å². The molecule has 0 fully saturated rings. The Hall–Kier alpha value is -0.960. The van der Waals surface area contributed by atoms with Crippen molar-refractivity contribution < 1.29 is 4.42 Å². The lowest BCUT2D eigenvalue weighted by Crippen LogP contribution is -1.94. The molecule has 20 heavy (non-hydrogen) atoms. The second-order valence-electron chi connectivity index (χ2n) is 4.61. The smallest absolute Gasteiger partial charge is 0.134 e. The fourth-order valence-electron chi connectivity index (χ4n) is 2.22.